The van der Waals surface area contributed by atoms with Crippen molar-refractivity contribution in [2.75, 3.05) is 17.2 Å². The first-order chi connectivity index (χ1) is 10.2. The number of halogens is 2. The molecule has 1 aliphatic rings. The number of benzene rings is 1. The van der Waals surface area contributed by atoms with Gasteiger partial charge in [0.05, 0.1) is 10.7 Å². The molecule has 1 heterocycles. The van der Waals surface area contributed by atoms with E-state index in [1.165, 1.54) is 18.2 Å². The first kappa shape index (κ1) is 14.1. The molecule has 0 amide bonds. The Hall–Kier alpha value is -1.88. The second-order valence-corrected chi connectivity index (χ2v) is 5.46. The highest BCUT2D eigenvalue weighted by Gasteiger charge is 2.27. The van der Waals surface area contributed by atoms with E-state index in [9.17, 15) is 4.39 Å². The minimum Gasteiger partial charge on any atom is -0.370 e. The highest BCUT2D eigenvalue weighted by atomic mass is 35.5. The van der Waals surface area contributed by atoms with E-state index < -0.39 is 0 Å². The predicted molar refractivity (Wildman–Crippen MR) is 82.9 cm³/mol. The smallest absolute Gasteiger partial charge is 0.136 e. The molecule has 0 aliphatic heterocycles. The third-order valence-corrected chi connectivity index (χ3v) is 3.56. The van der Waals surface area contributed by atoms with Crippen LogP contribution in [0.15, 0.2) is 24.3 Å². The van der Waals surface area contributed by atoms with E-state index in [0.29, 0.717) is 22.4 Å². The third kappa shape index (κ3) is 3.42. The lowest BCUT2D eigenvalue weighted by molar-refractivity contribution is 0.628. The molecule has 0 saturated heterocycles. The SMILES string of the molecule is CCNc1cc(Nc2cc(F)ccc2Cl)nc(C2CC2)n1. The van der Waals surface area contributed by atoms with Crippen LogP contribution in [0, 0.1) is 5.82 Å². The summed E-state index contributed by atoms with van der Waals surface area (Å²) in [5.41, 5.74) is 0.500. The van der Waals surface area contributed by atoms with Crippen molar-refractivity contribution in [1.29, 1.82) is 0 Å². The van der Waals surface area contributed by atoms with Crippen molar-refractivity contribution in [3.05, 3.63) is 40.9 Å². The van der Waals surface area contributed by atoms with Crippen LogP contribution in [-0.2, 0) is 0 Å². The van der Waals surface area contributed by atoms with Crippen LogP contribution in [0.3, 0.4) is 0 Å². The quantitative estimate of drug-likeness (QED) is 0.863. The largest absolute Gasteiger partial charge is 0.370 e. The van der Waals surface area contributed by atoms with Gasteiger partial charge in [0.1, 0.15) is 23.3 Å². The van der Waals surface area contributed by atoms with Crippen LogP contribution in [-0.4, -0.2) is 16.5 Å². The third-order valence-electron chi connectivity index (χ3n) is 3.23. The summed E-state index contributed by atoms with van der Waals surface area (Å²) >= 11 is 6.07. The molecule has 6 heteroatoms. The summed E-state index contributed by atoms with van der Waals surface area (Å²) in [6.07, 6.45) is 2.24. The summed E-state index contributed by atoms with van der Waals surface area (Å²) < 4.78 is 13.3. The number of nitrogens with zero attached hydrogens (tertiary/aromatic N) is 2. The number of hydrogen-bond donors (Lipinski definition) is 2. The van der Waals surface area contributed by atoms with Crippen molar-refractivity contribution >= 4 is 28.9 Å². The second-order valence-electron chi connectivity index (χ2n) is 5.05. The first-order valence-corrected chi connectivity index (χ1v) is 7.38. The van der Waals surface area contributed by atoms with Crippen LogP contribution in [0.2, 0.25) is 5.02 Å². The minimum absolute atomic E-state index is 0.342. The number of hydrogen-bond acceptors (Lipinski definition) is 4. The molecule has 1 aromatic heterocycles. The van der Waals surface area contributed by atoms with E-state index in [1.54, 1.807) is 6.07 Å². The first-order valence-electron chi connectivity index (χ1n) is 7.00. The van der Waals surface area contributed by atoms with Gasteiger partial charge in [0.2, 0.25) is 0 Å². The fraction of sp³-hybridized carbons (Fsp3) is 0.333. The Morgan fingerprint density at radius 1 is 1.24 bits per heavy atom. The highest BCUT2D eigenvalue weighted by molar-refractivity contribution is 6.33. The molecular formula is C15H16ClFN4. The van der Waals surface area contributed by atoms with Crippen molar-refractivity contribution in [2.24, 2.45) is 0 Å². The summed E-state index contributed by atoms with van der Waals surface area (Å²) in [6.45, 7) is 2.79. The predicted octanol–water partition coefficient (Wildman–Crippen LogP) is 4.32. The standard InChI is InChI=1S/C15H16ClFN4/c1-2-18-13-8-14(21-15(20-13)9-3-4-9)19-12-7-10(17)5-6-11(12)16/h5-9H,2-4H2,1H3,(H2,18,19,20,21). The molecule has 2 N–H and O–H groups in total. The van der Waals surface area contributed by atoms with E-state index in [1.807, 2.05) is 6.92 Å². The maximum absolute atomic E-state index is 13.3. The van der Waals surface area contributed by atoms with Crippen LogP contribution in [0.5, 0.6) is 0 Å². The second kappa shape index (κ2) is 5.85. The molecule has 4 nitrogen and oxygen atoms in total. The maximum Gasteiger partial charge on any atom is 0.136 e. The molecule has 2 aromatic rings. The van der Waals surface area contributed by atoms with Gasteiger partial charge in [-0.2, -0.15) is 0 Å². The van der Waals surface area contributed by atoms with Crippen molar-refractivity contribution in [3.63, 3.8) is 0 Å². The summed E-state index contributed by atoms with van der Waals surface area (Å²) in [5.74, 6) is 2.31. The normalized spacial score (nSPS) is 14.0. The van der Waals surface area contributed by atoms with Gasteiger partial charge in [-0.15, -0.1) is 0 Å². The molecule has 0 atom stereocenters. The van der Waals surface area contributed by atoms with Gasteiger partial charge in [-0.05, 0) is 38.0 Å². The van der Waals surface area contributed by atoms with Gasteiger partial charge in [0.15, 0.2) is 0 Å². The Kier molecular flexibility index (Phi) is 3.92. The van der Waals surface area contributed by atoms with Gasteiger partial charge < -0.3 is 10.6 Å². The number of anilines is 3. The molecule has 21 heavy (non-hydrogen) atoms. The van der Waals surface area contributed by atoms with Crippen molar-refractivity contribution in [3.8, 4) is 0 Å². The fourth-order valence-electron chi connectivity index (χ4n) is 2.06. The molecule has 0 bridgehead atoms. The zero-order chi connectivity index (χ0) is 14.8. The Morgan fingerprint density at radius 3 is 2.71 bits per heavy atom. The lowest BCUT2D eigenvalue weighted by Gasteiger charge is -2.11. The number of rotatable bonds is 5. The van der Waals surface area contributed by atoms with E-state index in [2.05, 4.69) is 20.6 Å². The van der Waals surface area contributed by atoms with Crippen molar-refractivity contribution in [2.45, 2.75) is 25.7 Å². The van der Waals surface area contributed by atoms with E-state index >= 15 is 0 Å². The zero-order valence-corrected chi connectivity index (χ0v) is 12.4. The van der Waals surface area contributed by atoms with Crippen LogP contribution >= 0.6 is 11.6 Å². The van der Waals surface area contributed by atoms with E-state index in [-0.39, 0.29) is 5.82 Å². The summed E-state index contributed by atoms with van der Waals surface area (Å²) in [5, 5.41) is 6.71. The summed E-state index contributed by atoms with van der Waals surface area (Å²) in [6, 6.07) is 6.01. The molecule has 1 fully saturated rings. The Bertz CT molecular complexity index is 658. The maximum atomic E-state index is 13.3. The van der Waals surface area contributed by atoms with Gasteiger partial charge in [-0.25, -0.2) is 14.4 Å². The van der Waals surface area contributed by atoms with Gasteiger partial charge >= 0.3 is 0 Å². The number of aromatic nitrogens is 2. The molecule has 0 radical (unpaired) electrons. The molecule has 1 saturated carbocycles. The number of nitrogens with one attached hydrogen (secondary N) is 2. The van der Waals surface area contributed by atoms with Crippen LogP contribution < -0.4 is 10.6 Å². The van der Waals surface area contributed by atoms with Gasteiger partial charge in [-0.3, -0.25) is 0 Å². The average molecular weight is 307 g/mol. The van der Waals surface area contributed by atoms with Crippen LogP contribution in [0.4, 0.5) is 21.7 Å². The van der Waals surface area contributed by atoms with E-state index in [0.717, 1.165) is 31.0 Å². The van der Waals surface area contributed by atoms with Gasteiger partial charge in [0, 0.05) is 18.5 Å². The van der Waals surface area contributed by atoms with E-state index in [4.69, 9.17) is 11.6 Å². The Morgan fingerprint density at radius 2 is 2.00 bits per heavy atom. The molecular weight excluding hydrogens is 291 g/mol. The lowest BCUT2D eigenvalue weighted by Crippen LogP contribution is -2.05. The molecule has 0 unspecified atom stereocenters. The molecule has 1 aliphatic carbocycles. The molecule has 3 rings (SSSR count). The lowest BCUT2D eigenvalue weighted by atomic mass is 10.3. The van der Waals surface area contributed by atoms with Gasteiger partial charge in [0.25, 0.3) is 0 Å². The monoisotopic (exact) mass is 306 g/mol. The van der Waals surface area contributed by atoms with Crippen molar-refractivity contribution in [1.82, 2.24) is 9.97 Å². The molecule has 0 spiro atoms. The highest BCUT2D eigenvalue weighted by Crippen LogP contribution is 2.39. The molecule has 110 valence electrons. The topological polar surface area (TPSA) is 49.8 Å². The van der Waals surface area contributed by atoms with Crippen molar-refractivity contribution < 1.29 is 4.39 Å². The summed E-state index contributed by atoms with van der Waals surface area (Å²) in [4.78, 5) is 9.00. The summed E-state index contributed by atoms with van der Waals surface area (Å²) in [7, 11) is 0. The van der Waals surface area contributed by atoms with Gasteiger partial charge in [-0.1, -0.05) is 11.6 Å². The Labute approximate surface area is 127 Å². The van der Waals surface area contributed by atoms with Crippen LogP contribution in [0.25, 0.3) is 0 Å². The van der Waals surface area contributed by atoms with Crippen LogP contribution in [0.1, 0.15) is 31.5 Å². The Balaban J connectivity index is 1.91. The zero-order valence-electron chi connectivity index (χ0n) is 11.7. The fourth-order valence-corrected chi connectivity index (χ4v) is 2.22. The minimum atomic E-state index is -0.342. The molecule has 1 aromatic carbocycles. The average Bonchev–Trinajstić information content (AvgIpc) is 3.28.